The maximum atomic E-state index is 11.4. The van der Waals surface area contributed by atoms with Crippen LogP contribution in [0.2, 0.25) is 0 Å². The van der Waals surface area contributed by atoms with Crippen LogP contribution in [-0.4, -0.2) is 55.7 Å². The SMILES string of the molecule is CC(C)C(=O)N[C@@H](C)[C@H](O)CN(C)S(C)(=O)=O. The van der Waals surface area contributed by atoms with Crippen molar-refractivity contribution in [2.75, 3.05) is 19.8 Å². The zero-order valence-corrected chi connectivity index (χ0v) is 11.8. The van der Waals surface area contributed by atoms with Gasteiger partial charge in [-0.15, -0.1) is 0 Å². The molecule has 0 spiro atoms. The summed E-state index contributed by atoms with van der Waals surface area (Å²) in [5.41, 5.74) is 0. The Balaban J connectivity index is 4.33. The molecule has 0 saturated heterocycles. The molecule has 2 atom stereocenters. The first-order chi connectivity index (χ1) is 7.55. The number of aliphatic hydroxyl groups excluding tert-OH is 1. The van der Waals surface area contributed by atoms with Crippen LogP contribution >= 0.6 is 0 Å². The van der Waals surface area contributed by atoms with E-state index in [0.29, 0.717) is 0 Å². The number of amides is 1. The van der Waals surface area contributed by atoms with Crippen LogP contribution in [-0.2, 0) is 14.8 Å². The van der Waals surface area contributed by atoms with Gasteiger partial charge in [-0.05, 0) is 6.92 Å². The molecule has 0 rings (SSSR count). The predicted octanol–water partition coefficient (Wildman–Crippen LogP) is -0.601. The number of hydrogen-bond acceptors (Lipinski definition) is 4. The number of aliphatic hydroxyl groups is 1. The van der Waals surface area contributed by atoms with Crippen molar-refractivity contribution < 1.29 is 18.3 Å². The normalized spacial score (nSPS) is 16.0. The second-order valence-electron chi connectivity index (χ2n) is 4.56. The summed E-state index contributed by atoms with van der Waals surface area (Å²) >= 11 is 0. The average Bonchev–Trinajstić information content (AvgIpc) is 2.15. The van der Waals surface area contributed by atoms with E-state index in [9.17, 15) is 18.3 Å². The van der Waals surface area contributed by atoms with Crippen molar-refractivity contribution in [2.24, 2.45) is 5.92 Å². The highest BCUT2D eigenvalue weighted by Crippen LogP contribution is 2.01. The fourth-order valence-electron chi connectivity index (χ4n) is 1.04. The third kappa shape index (κ3) is 5.99. The lowest BCUT2D eigenvalue weighted by Gasteiger charge is -2.24. The third-order valence-electron chi connectivity index (χ3n) is 2.48. The Morgan fingerprint density at radius 3 is 2.18 bits per heavy atom. The molecule has 0 heterocycles. The number of sulfonamides is 1. The van der Waals surface area contributed by atoms with E-state index in [0.717, 1.165) is 10.6 Å². The number of carbonyl (C=O) groups excluding carboxylic acids is 1. The van der Waals surface area contributed by atoms with E-state index in [2.05, 4.69) is 5.32 Å². The Labute approximate surface area is 103 Å². The molecule has 0 aromatic rings. The van der Waals surface area contributed by atoms with Crippen LogP contribution in [0.15, 0.2) is 0 Å². The summed E-state index contributed by atoms with van der Waals surface area (Å²) in [5.74, 6) is -0.337. The van der Waals surface area contributed by atoms with Gasteiger partial charge in [-0.3, -0.25) is 4.79 Å². The summed E-state index contributed by atoms with van der Waals surface area (Å²) in [7, 11) is -1.93. The molecule has 0 radical (unpaired) electrons. The van der Waals surface area contributed by atoms with Gasteiger partial charge in [0.2, 0.25) is 15.9 Å². The molecule has 0 aliphatic rings. The Morgan fingerprint density at radius 2 is 1.82 bits per heavy atom. The van der Waals surface area contributed by atoms with Crippen LogP contribution in [0.4, 0.5) is 0 Å². The number of likely N-dealkylation sites (N-methyl/N-ethyl adjacent to an activating group) is 1. The summed E-state index contributed by atoms with van der Waals surface area (Å²) in [6.45, 7) is 5.09. The van der Waals surface area contributed by atoms with Gasteiger partial charge in [0.25, 0.3) is 0 Å². The maximum Gasteiger partial charge on any atom is 0.222 e. The Bertz CT molecular complexity index is 353. The van der Waals surface area contributed by atoms with Gasteiger partial charge in [0.05, 0.1) is 18.4 Å². The largest absolute Gasteiger partial charge is 0.390 e. The zero-order valence-electron chi connectivity index (χ0n) is 11.0. The summed E-state index contributed by atoms with van der Waals surface area (Å²) in [4.78, 5) is 11.4. The minimum atomic E-state index is -3.32. The van der Waals surface area contributed by atoms with Crippen LogP contribution in [0, 0.1) is 5.92 Å². The molecule has 0 aliphatic carbocycles. The Hall–Kier alpha value is -0.660. The molecule has 6 nitrogen and oxygen atoms in total. The van der Waals surface area contributed by atoms with Crippen LogP contribution in [0.1, 0.15) is 20.8 Å². The van der Waals surface area contributed by atoms with E-state index in [1.54, 1.807) is 20.8 Å². The van der Waals surface area contributed by atoms with E-state index in [1.807, 2.05) is 0 Å². The molecule has 0 aliphatic heterocycles. The van der Waals surface area contributed by atoms with Crippen LogP contribution < -0.4 is 5.32 Å². The fraction of sp³-hybridized carbons (Fsp3) is 0.900. The monoisotopic (exact) mass is 266 g/mol. The van der Waals surface area contributed by atoms with Crippen LogP contribution in [0.3, 0.4) is 0 Å². The second-order valence-corrected chi connectivity index (χ2v) is 6.65. The smallest absolute Gasteiger partial charge is 0.222 e. The Morgan fingerprint density at radius 1 is 1.35 bits per heavy atom. The van der Waals surface area contributed by atoms with Gasteiger partial charge in [0.1, 0.15) is 0 Å². The molecular weight excluding hydrogens is 244 g/mol. The first-order valence-electron chi connectivity index (χ1n) is 5.45. The van der Waals surface area contributed by atoms with Crippen molar-refractivity contribution in [1.29, 1.82) is 0 Å². The van der Waals surface area contributed by atoms with Gasteiger partial charge in [-0.25, -0.2) is 12.7 Å². The number of nitrogens with one attached hydrogen (secondary N) is 1. The van der Waals surface area contributed by atoms with Crippen molar-refractivity contribution >= 4 is 15.9 Å². The molecule has 102 valence electrons. The summed E-state index contributed by atoms with van der Waals surface area (Å²) in [6, 6.07) is -0.492. The highest BCUT2D eigenvalue weighted by atomic mass is 32.2. The highest BCUT2D eigenvalue weighted by molar-refractivity contribution is 7.88. The fourth-order valence-corrected chi connectivity index (χ4v) is 1.47. The zero-order chi connectivity index (χ0) is 13.8. The quantitative estimate of drug-likeness (QED) is 0.672. The van der Waals surface area contributed by atoms with Crippen molar-refractivity contribution in [3.8, 4) is 0 Å². The lowest BCUT2D eigenvalue weighted by atomic mass is 10.1. The van der Waals surface area contributed by atoms with Crippen molar-refractivity contribution in [3.05, 3.63) is 0 Å². The minimum Gasteiger partial charge on any atom is -0.390 e. The van der Waals surface area contributed by atoms with Gasteiger partial charge in [-0.2, -0.15) is 0 Å². The minimum absolute atomic E-state index is 0.0433. The number of nitrogens with zero attached hydrogens (tertiary/aromatic N) is 1. The summed E-state index contributed by atoms with van der Waals surface area (Å²) in [6.07, 6.45) is 0.134. The number of hydrogen-bond donors (Lipinski definition) is 2. The van der Waals surface area contributed by atoms with Gasteiger partial charge >= 0.3 is 0 Å². The molecule has 7 heteroatoms. The van der Waals surface area contributed by atoms with E-state index >= 15 is 0 Å². The van der Waals surface area contributed by atoms with Gasteiger partial charge in [0.15, 0.2) is 0 Å². The molecule has 0 aromatic carbocycles. The van der Waals surface area contributed by atoms with Gasteiger partial charge in [-0.1, -0.05) is 13.8 Å². The van der Waals surface area contributed by atoms with Crippen LogP contribution in [0.25, 0.3) is 0 Å². The maximum absolute atomic E-state index is 11.4. The van der Waals surface area contributed by atoms with Crippen molar-refractivity contribution in [3.63, 3.8) is 0 Å². The molecule has 0 saturated carbocycles. The van der Waals surface area contributed by atoms with Crippen LogP contribution in [0.5, 0.6) is 0 Å². The van der Waals surface area contributed by atoms with E-state index in [1.165, 1.54) is 7.05 Å². The van der Waals surface area contributed by atoms with E-state index < -0.39 is 22.2 Å². The topological polar surface area (TPSA) is 86.7 Å². The van der Waals surface area contributed by atoms with Gasteiger partial charge in [0, 0.05) is 19.5 Å². The Kier molecular flexibility index (Phi) is 6.08. The molecule has 2 N–H and O–H groups in total. The lowest BCUT2D eigenvalue weighted by Crippen LogP contribution is -2.47. The predicted molar refractivity (Wildman–Crippen MR) is 65.9 cm³/mol. The number of carbonyl (C=O) groups is 1. The second kappa shape index (κ2) is 6.32. The first kappa shape index (κ1) is 16.3. The summed E-state index contributed by atoms with van der Waals surface area (Å²) in [5, 5.41) is 12.4. The highest BCUT2D eigenvalue weighted by Gasteiger charge is 2.22. The molecule has 0 fully saturated rings. The third-order valence-corrected chi connectivity index (χ3v) is 3.76. The molecule has 0 aromatic heterocycles. The number of rotatable bonds is 6. The molecule has 1 amide bonds. The average molecular weight is 266 g/mol. The standard InChI is InChI=1S/C10H22N2O4S/c1-7(2)10(14)11-8(3)9(13)6-12(4)17(5,15)16/h7-9,13H,6H2,1-5H3,(H,11,14)/t8-,9+/m0/s1. The molecule has 0 bridgehead atoms. The molecular formula is C10H22N2O4S. The van der Waals surface area contributed by atoms with Gasteiger partial charge < -0.3 is 10.4 Å². The first-order valence-corrected chi connectivity index (χ1v) is 7.30. The molecule has 17 heavy (non-hydrogen) atoms. The van der Waals surface area contributed by atoms with Crippen molar-refractivity contribution in [2.45, 2.75) is 32.9 Å². The van der Waals surface area contributed by atoms with E-state index in [4.69, 9.17) is 0 Å². The molecule has 0 unspecified atom stereocenters. The van der Waals surface area contributed by atoms with E-state index in [-0.39, 0.29) is 18.4 Å². The lowest BCUT2D eigenvalue weighted by molar-refractivity contribution is -0.125. The summed E-state index contributed by atoms with van der Waals surface area (Å²) < 4.78 is 23.3. The van der Waals surface area contributed by atoms with Crippen molar-refractivity contribution in [1.82, 2.24) is 9.62 Å².